The smallest absolute Gasteiger partial charge is 0.339 e. The monoisotopic (exact) mass is 356 g/mol. The summed E-state index contributed by atoms with van der Waals surface area (Å²) in [5.41, 5.74) is 6.64. The molecule has 1 aromatic heterocycles. The largest absolute Gasteiger partial charge is 0.462 e. The Morgan fingerprint density at radius 3 is 2.67 bits per heavy atom. The summed E-state index contributed by atoms with van der Waals surface area (Å²) in [6, 6.07) is 16.0. The number of carbonyl (C=O) groups is 2. The van der Waals surface area contributed by atoms with E-state index >= 15 is 0 Å². The summed E-state index contributed by atoms with van der Waals surface area (Å²) in [6.45, 7) is 0.364. The summed E-state index contributed by atoms with van der Waals surface area (Å²) in [5, 5.41) is 2.95. The zero-order chi connectivity index (χ0) is 18.4. The highest BCUT2D eigenvalue weighted by atomic mass is 16.5. The number of cyclic esters (lactones) is 1. The number of H-pyrrole nitrogens is 1. The van der Waals surface area contributed by atoms with Crippen molar-refractivity contribution in [1.82, 2.24) is 4.98 Å². The van der Waals surface area contributed by atoms with Crippen LogP contribution in [-0.2, 0) is 16.0 Å². The van der Waals surface area contributed by atoms with Crippen LogP contribution in [0.3, 0.4) is 0 Å². The molecule has 5 nitrogen and oxygen atoms in total. The number of nitrogens with one attached hydrogen (secondary N) is 2. The number of rotatable bonds is 2. The zero-order valence-corrected chi connectivity index (χ0v) is 14.4. The lowest BCUT2D eigenvalue weighted by atomic mass is 9.99. The van der Waals surface area contributed by atoms with E-state index in [9.17, 15) is 9.59 Å². The van der Waals surface area contributed by atoms with Crippen molar-refractivity contribution < 1.29 is 14.3 Å². The summed E-state index contributed by atoms with van der Waals surface area (Å²) < 4.78 is 5.06. The quantitative estimate of drug-likeness (QED) is 0.541. The van der Waals surface area contributed by atoms with Crippen LogP contribution in [0.5, 0.6) is 0 Å². The van der Waals surface area contributed by atoms with Gasteiger partial charge in [-0.25, -0.2) is 4.79 Å². The first-order chi connectivity index (χ1) is 13.2. The van der Waals surface area contributed by atoms with Gasteiger partial charge in [0.25, 0.3) is 5.91 Å². The van der Waals surface area contributed by atoms with Crippen molar-refractivity contribution in [3.05, 3.63) is 77.1 Å². The Hall–Kier alpha value is -3.60. The molecular weight excluding hydrogens is 340 g/mol. The van der Waals surface area contributed by atoms with Gasteiger partial charge >= 0.3 is 5.97 Å². The van der Waals surface area contributed by atoms with E-state index in [1.165, 1.54) is 0 Å². The highest BCUT2D eigenvalue weighted by molar-refractivity contribution is 6.35. The van der Waals surface area contributed by atoms with Crippen molar-refractivity contribution in [3.8, 4) is 11.1 Å². The van der Waals surface area contributed by atoms with Crippen molar-refractivity contribution in [3.63, 3.8) is 0 Å². The molecule has 0 saturated heterocycles. The van der Waals surface area contributed by atoms with Crippen LogP contribution in [0.25, 0.3) is 22.8 Å². The van der Waals surface area contributed by atoms with E-state index in [0.717, 1.165) is 33.6 Å². The first-order valence-corrected chi connectivity index (χ1v) is 8.81. The second-order valence-corrected chi connectivity index (χ2v) is 6.62. The van der Waals surface area contributed by atoms with Crippen LogP contribution in [0.15, 0.2) is 54.7 Å². The highest BCUT2D eigenvalue weighted by Crippen LogP contribution is 2.37. The van der Waals surface area contributed by atoms with Gasteiger partial charge in [-0.3, -0.25) is 4.79 Å². The van der Waals surface area contributed by atoms with Crippen molar-refractivity contribution in [2.45, 2.75) is 6.42 Å². The van der Waals surface area contributed by atoms with E-state index in [1.54, 1.807) is 6.20 Å². The maximum atomic E-state index is 12.6. The Bertz CT molecular complexity index is 1110. The van der Waals surface area contributed by atoms with Crippen molar-refractivity contribution in [1.29, 1.82) is 0 Å². The molecule has 0 unspecified atom stereocenters. The molecular formula is C22H16N2O3. The Balaban J connectivity index is 1.56. The van der Waals surface area contributed by atoms with E-state index in [4.69, 9.17) is 4.74 Å². The first kappa shape index (κ1) is 15.6. The molecule has 0 spiro atoms. The Labute approximate surface area is 155 Å². The lowest BCUT2D eigenvalue weighted by Gasteiger charge is -2.12. The number of fused-ring (bicyclic) bond motifs is 2. The fourth-order valence-corrected chi connectivity index (χ4v) is 3.67. The van der Waals surface area contributed by atoms with Crippen LogP contribution in [0.2, 0.25) is 0 Å². The molecule has 1 amide bonds. The van der Waals surface area contributed by atoms with Crippen LogP contribution in [0.4, 0.5) is 5.69 Å². The standard InChI is InChI=1S/C22H16N2O3/c25-21-17(11-19-16-8-9-27-22(26)18(16)12-23-19)15-7-6-14(10-20(15)24-21)13-4-2-1-3-5-13/h1-7,10-12,23H,8-9H2,(H,24,25). The van der Waals surface area contributed by atoms with Gasteiger partial charge in [-0.2, -0.15) is 0 Å². The maximum Gasteiger partial charge on any atom is 0.339 e. The molecule has 132 valence electrons. The van der Waals surface area contributed by atoms with Gasteiger partial charge in [-0.15, -0.1) is 0 Å². The molecule has 2 aromatic carbocycles. The molecule has 27 heavy (non-hydrogen) atoms. The van der Waals surface area contributed by atoms with Gasteiger partial charge in [0.1, 0.15) is 0 Å². The second kappa shape index (κ2) is 5.99. The van der Waals surface area contributed by atoms with Gasteiger partial charge in [0.15, 0.2) is 0 Å². The number of hydrogen-bond acceptors (Lipinski definition) is 3. The van der Waals surface area contributed by atoms with Crippen LogP contribution in [0, 0.1) is 0 Å². The molecule has 0 atom stereocenters. The Morgan fingerprint density at radius 1 is 0.963 bits per heavy atom. The van der Waals surface area contributed by atoms with Gasteiger partial charge in [-0.1, -0.05) is 42.5 Å². The van der Waals surface area contributed by atoms with E-state index in [1.807, 2.05) is 54.6 Å². The molecule has 5 heteroatoms. The summed E-state index contributed by atoms with van der Waals surface area (Å²) in [6.07, 6.45) is 4.11. The van der Waals surface area contributed by atoms with Gasteiger partial charge < -0.3 is 15.0 Å². The number of aromatic nitrogens is 1. The molecule has 3 heterocycles. The summed E-state index contributed by atoms with van der Waals surface area (Å²) in [4.78, 5) is 27.5. The molecule has 0 saturated carbocycles. The SMILES string of the molecule is O=C1Nc2cc(-c3ccccc3)ccc2C1=Cc1[nH]cc2c1CCOC2=O. The third kappa shape index (κ3) is 2.56. The maximum absolute atomic E-state index is 12.6. The minimum atomic E-state index is -0.319. The van der Waals surface area contributed by atoms with Crippen LogP contribution < -0.4 is 5.32 Å². The van der Waals surface area contributed by atoms with Gasteiger partial charge in [0, 0.05) is 29.6 Å². The molecule has 0 aliphatic carbocycles. The number of esters is 1. The average molecular weight is 356 g/mol. The average Bonchev–Trinajstić information content (AvgIpc) is 3.24. The van der Waals surface area contributed by atoms with E-state index in [-0.39, 0.29) is 11.9 Å². The van der Waals surface area contributed by atoms with E-state index in [0.29, 0.717) is 24.2 Å². The number of benzene rings is 2. The fourth-order valence-electron chi connectivity index (χ4n) is 3.67. The molecule has 2 N–H and O–H groups in total. The van der Waals surface area contributed by atoms with E-state index in [2.05, 4.69) is 10.3 Å². The van der Waals surface area contributed by atoms with Crippen molar-refractivity contribution in [2.24, 2.45) is 0 Å². The van der Waals surface area contributed by atoms with Crippen LogP contribution in [0.1, 0.15) is 27.2 Å². The molecule has 5 rings (SSSR count). The molecule has 2 aliphatic heterocycles. The molecule has 3 aromatic rings. The lowest BCUT2D eigenvalue weighted by molar-refractivity contribution is -0.110. The Kier molecular flexibility index (Phi) is 3.47. The molecule has 0 fully saturated rings. The van der Waals surface area contributed by atoms with Crippen LogP contribution in [-0.4, -0.2) is 23.5 Å². The van der Waals surface area contributed by atoms with Gasteiger partial charge in [0.2, 0.25) is 0 Å². The van der Waals surface area contributed by atoms with Crippen LogP contribution >= 0.6 is 0 Å². The third-order valence-corrected chi connectivity index (χ3v) is 5.03. The van der Waals surface area contributed by atoms with E-state index < -0.39 is 0 Å². The summed E-state index contributed by atoms with van der Waals surface area (Å²) in [5.74, 6) is -0.460. The third-order valence-electron chi connectivity index (χ3n) is 5.03. The predicted molar refractivity (Wildman–Crippen MR) is 103 cm³/mol. The summed E-state index contributed by atoms with van der Waals surface area (Å²) in [7, 11) is 0. The minimum Gasteiger partial charge on any atom is -0.462 e. The normalized spacial score (nSPS) is 16.7. The predicted octanol–water partition coefficient (Wildman–Crippen LogP) is 3.89. The first-order valence-electron chi connectivity index (χ1n) is 8.81. The molecule has 0 radical (unpaired) electrons. The highest BCUT2D eigenvalue weighted by Gasteiger charge is 2.27. The number of aromatic amines is 1. The number of carbonyl (C=O) groups excluding carboxylic acids is 2. The summed E-state index contributed by atoms with van der Waals surface area (Å²) >= 11 is 0. The molecule has 0 bridgehead atoms. The number of ether oxygens (including phenoxy) is 1. The topological polar surface area (TPSA) is 71.2 Å². The number of anilines is 1. The Morgan fingerprint density at radius 2 is 1.81 bits per heavy atom. The zero-order valence-electron chi connectivity index (χ0n) is 14.4. The van der Waals surface area contributed by atoms with Gasteiger partial charge in [0.05, 0.1) is 17.7 Å². The lowest BCUT2D eigenvalue weighted by Crippen LogP contribution is -2.16. The minimum absolute atomic E-state index is 0.142. The number of hydrogen-bond donors (Lipinski definition) is 2. The second-order valence-electron chi connectivity index (χ2n) is 6.62. The fraction of sp³-hybridized carbons (Fsp3) is 0.0909. The van der Waals surface area contributed by atoms with Gasteiger partial charge in [-0.05, 0) is 28.8 Å². The number of amides is 1. The van der Waals surface area contributed by atoms with Crippen molar-refractivity contribution >= 4 is 29.2 Å². The molecule has 2 aliphatic rings. The van der Waals surface area contributed by atoms with Crippen molar-refractivity contribution in [2.75, 3.05) is 11.9 Å².